The minimum Gasteiger partial charge on any atom is -0.388 e. The molecule has 0 unspecified atom stereocenters. The van der Waals surface area contributed by atoms with Gasteiger partial charge in [-0.05, 0) is 79.3 Å². The number of allylic oxidation sites excluding steroid dienone is 4. The van der Waals surface area contributed by atoms with Crippen molar-refractivity contribution in [2.45, 2.75) is 48.0 Å². The van der Waals surface area contributed by atoms with Gasteiger partial charge in [0.25, 0.3) is 0 Å². The predicted molar refractivity (Wildman–Crippen MR) is 166 cm³/mol. The molecule has 1 aliphatic rings. The van der Waals surface area contributed by atoms with Crippen LogP contribution < -0.4 is 15.5 Å². The van der Waals surface area contributed by atoms with E-state index in [9.17, 15) is 0 Å². The number of para-hydroxylation sites is 1. The molecule has 0 saturated carbocycles. The third-order valence-electron chi connectivity index (χ3n) is 6.16. The summed E-state index contributed by atoms with van der Waals surface area (Å²) in [7, 11) is 1.91. The molecular formula is C33H44N4. The maximum Gasteiger partial charge on any atom is 0.0611 e. The summed E-state index contributed by atoms with van der Waals surface area (Å²) >= 11 is 0. The lowest BCUT2D eigenvalue weighted by Crippen LogP contribution is -2.15. The van der Waals surface area contributed by atoms with Crippen LogP contribution in [0.4, 0.5) is 17.1 Å². The topological polar surface area (TPSA) is 39.7 Å². The first-order valence-corrected chi connectivity index (χ1v) is 12.7. The van der Waals surface area contributed by atoms with Crippen molar-refractivity contribution in [3.8, 4) is 0 Å². The molecule has 0 aliphatic carbocycles. The van der Waals surface area contributed by atoms with E-state index in [1.807, 2.05) is 63.4 Å². The molecule has 0 spiro atoms. The van der Waals surface area contributed by atoms with Crippen molar-refractivity contribution in [1.29, 1.82) is 0 Å². The molecule has 0 amide bonds. The van der Waals surface area contributed by atoms with Crippen LogP contribution in [0.5, 0.6) is 0 Å². The molecule has 0 atom stereocenters. The number of benzene rings is 2. The van der Waals surface area contributed by atoms with Crippen LogP contribution in [-0.2, 0) is 0 Å². The summed E-state index contributed by atoms with van der Waals surface area (Å²) in [5.74, 6) is 0. The van der Waals surface area contributed by atoms with E-state index in [1.165, 1.54) is 16.8 Å². The molecule has 0 saturated heterocycles. The number of hydrogen-bond acceptors (Lipinski definition) is 4. The maximum absolute atomic E-state index is 4.43. The number of nitrogens with one attached hydrogen (secondary N) is 2. The summed E-state index contributed by atoms with van der Waals surface area (Å²) in [5.41, 5.74) is 10.2. The van der Waals surface area contributed by atoms with Crippen LogP contribution in [0.2, 0.25) is 0 Å². The van der Waals surface area contributed by atoms with Crippen LogP contribution in [0.3, 0.4) is 0 Å². The number of aryl methyl sites for hydroxylation is 1. The van der Waals surface area contributed by atoms with Gasteiger partial charge in [0.1, 0.15) is 0 Å². The standard InChI is InChI=1S/C22H27N3.C11H17N/c1-16(2)25(22-10-8-7-9-17(22)3)15-18(4)19(5)24-21-13-11-20(23-6)12-14-21;1-5-6-10-7-9(8-12-10)11(2,3)4/h7-15,23-24H,1,5H2,2-4,6H3;5,7H,1,6,8H2,2-4H3/b18-15+;. The van der Waals surface area contributed by atoms with Gasteiger partial charge in [0.05, 0.1) is 6.54 Å². The van der Waals surface area contributed by atoms with Crippen molar-refractivity contribution < 1.29 is 0 Å². The second-order valence-corrected chi connectivity index (χ2v) is 10.4. The monoisotopic (exact) mass is 496 g/mol. The lowest BCUT2D eigenvalue weighted by molar-refractivity contribution is 0.499. The molecule has 2 aromatic carbocycles. The molecule has 0 aromatic heterocycles. The second-order valence-electron chi connectivity index (χ2n) is 10.4. The maximum atomic E-state index is 4.43. The highest BCUT2D eigenvalue weighted by molar-refractivity contribution is 5.98. The molecule has 2 aromatic rings. The predicted octanol–water partition coefficient (Wildman–Crippen LogP) is 8.90. The van der Waals surface area contributed by atoms with E-state index >= 15 is 0 Å². The molecule has 37 heavy (non-hydrogen) atoms. The number of nitrogens with zero attached hydrogens (tertiary/aromatic N) is 2. The van der Waals surface area contributed by atoms with Crippen molar-refractivity contribution >= 4 is 22.8 Å². The van der Waals surface area contributed by atoms with Crippen LogP contribution >= 0.6 is 0 Å². The Morgan fingerprint density at radius 1 is 1.03 bits per heavy atom. The molecule has 0 bridgehead atoms. The molecule has 0 fully saturated rings. The first-order chi connectivity index (χ1) is 17.5. The molecule has 2 N–H and O–H groups in total. The minimum atomic E-state index is 0.270. The Morgan fingerprint density at radius 2 is 1.65 bits per heavy atom. The third-order valence-corrected chi connectivity index (χ3v) is 6.16. The molecule has 0 radical (unpaired) electrons. The molecule has 1 aliphatic heterocycles. The first kappa shape index (κ1) is 29.4. The molecule has 3 rings (SSSR count). The normalized spacial score (nSPS) is 13.0. The van der Waals surface area contributed by atoms with Crippen molar-refractivity contribution in [3.05, 3.63) is 115 Å². The molecule has 4 heteroatoms. The average Bonchev–Trinajstić information content (AvgIpc) is 3.33. The third kappa shape index (κ3) is 8.98. The highest BCUT2D eigenvalue weighted by atomic mass is 15.1. The van der Waals surface area contributed by atoms with E-state index in [-0.39, 0.29) is 5.41 Å². The lowest BCUT2D eigenvalue weighted by atomic mass is 9.86. The van der Waals surface area contributed by atoms with Crippen molar-refractivity contribution in [1.82, 2.24) is 0 Å². The van der Waals surface area contributed by atoms with Gasteiger partial charge in [0.2, 0.25) is 0 Å². The molecule has 4 nitrogen and oxygen atoms in total. The molecule has 1 heterocycles. The van der Waals surface area contributed by atoms with Gasteiger partial charge in [-0.1, -0.05) is 58.2 Å². The van der Waals surface area contributed by atoms with Gasteiger partial charge in [-0.3, -0.25) is 4.99 Å². The van der Waals surface area contributed by atoms with Crippen molar-refractivity contribution in [2.24, 2.45) is 10.4 Å². The smallest absolute Gasteiger partial charge is 0.0611 e. The van der Waals surface area contributed by atoms with E-state index in [2.05, 4.69) is 92.4 Å². The second kappa shape index (κ2) is 13.5. The summed E-state index contributed by atoms with van der Waals surface area (Å²) in [4.78, 5) is 6.52. The highest BCUT2D eigenvalue weighted by Gasteiger charge is 2.20. The minimum absolute atomic E-state index is 0.270. The Kier molecular flexibility index (Phi) is 10.7. The Bertz CT molecular complexity index is 1190. The van der Waals surface area contributed by atoms with Gasteiger partial charge in [-0.25, -0.2) is 0 Å². The number of rotatable bonds is 9. The lowest BCUT2D eigenvalue weighted by Gasteiger charge is -2.24. The molecular weight excluding hydrogens is 452 g/mol. The van der Waals surface area contributed by atoms with E-state index in [4.69, 9.17) is 0 Å². The van der Waals surface area contributed by atoms with Gasteiger partial charge >= 0.3 is 0 Å². The van der Waals surface area contributed by atoms with E-state index < -0.39 is 0 Å². The highest BCUT2D eigenvalue weighted by Crippen LogP contribution is 2.28. The van der Waals surface area contributed by atoms with Crippen molar-refractivity contribution in [2.75, 3.05) is 29.1 Å². The number of aliphatic imine (C=N–C) groups is 1. The Hall–Kier alpha value is -3.79. The fraction of sp³-hybridized carbons (Fsp3) is 0.303. The van der Waals surface area contributed by atoms with Gasteiger partial charge in [-0.2, -0.15) is 0 Å². The Balaban J connectivity index is 0.000000335. The zero-order valence-electron chi connectivity index (χ0n) is 23.8. The van der Waals surface area contributed by atoms with Gasteiger partial charge < -0.3 is 15.5 Å². The summed E-state index contributed by atoms with van der Waals surface area (Å²) in [6, 6.07) is 16.4. The summed E-state index contributed by atoms with van der Waals surface area (Å²) in [5, 5.41) is 6.47. The van der Waals surface area contributed by atoms with E-state index in [0.717, 1.165) is 47.0 Å². The zero-order chi connectivity index (χ0) is 27.6. The number of anilines is 3. The van der Waals surface area contributed by atoms with Crippen LogP contribution in [-0.4, -0.2) is 19.3 Å². The summed E-state index contributed by atoms with van der Waals surface area (Å²) in [6.07, 6.45) is 7.09. The van der Waals surface area contributed by atoms with E-state index in [0.29, 0.717) is 0 Å². The van der Waals surface area contributed by atoms with Crippen molar-refractivity contribution in [3.63, 3.8) is 0 Å². The largest absolute Gasteiger partial charge is 0.388 e. The molecule has 196 valence electrons. The van der Waals surface area contributed by atoms with Gasteiger partial charge in [-0.15, -0.1) is 6.58 Å². The number of hydrogen-bond donors (Lipinski definition) is 2. The fourth-order valence-corrected chi connectivity index (χ4v) is 3.69. The van der Waals surface area contributed by atoms with Crippen LogP contribution in [0.1, 0.15) is 46.6 Å². The van der Waals surface area contributed by atoms with Crippen LogP contribution in [0.15, 0.2) is 114 Å². The zero-order valence-corrected chi connectivity index (χ0v) is 23.8. The van der Waals surface area contributed by atoms with E-state index in [1.54, 1.807) is 0 Å². The first-order valence-electron chi connectivity index (χ1n) is 12.7. The van der Waals surface area contributed by atoms with Crippen LogP contribution in [0.25, 0.3) is 0 Å². The Morgan fingerprint density at radius 3 is 2.16 bits per heavy atom. The summed E-state index contributed by atoms with van der Waals surface area (Å²) < 4.78 is 0. The van der Waals surface area contributed by atoms with Gasteiger partial charge in [0.15, 0.2) is 0 Å². The average molecular weight is 497 g/mol. The fourth-order valence-electron chi connectivity index (χ4n) is 3.69. The Labute approximate surface area is 224 Å². The summed E-state index contributed by atoms with van der Waals surface area (Å²) in [6.45, 7) is 25.7. The van der Waals surface area contributed by atoms with Crippen LogP contribution in [0, 0.1) is 12.3 Å². The SMILES string of the molecule is C=C(Nc1ccc(NC)cc1)/C(C)=C/N(C(=C)C)c1ccccc1C.C=CCC1=NCC(C(C)(C)C)=C1. The van der Waals surface area contributed by atoms with Gasteiger partial charge in [0, 0.05) is 53.8 Å². The quantitative estimate of drug-likeness (QED) is 0.269.